The molecule has 0 aliphatic rings. The fourth-order valence-corrected chi connectivity index (χ4v) is 4.64. The molecule has 1 atom stereocenters. The van der Waals surface area contributed by atoms with E-state index in [0.717, 1.165) is 4.31 Å². The van der Waals surface area contributed by atoms with Crippen LogP contribution in [0.25, 0.3) is 22.4 Å². The molecule has 3 aromatic carbocycles. The van der Waals surface area contributed by atoms with Gasteiger partial charge in [-0.25, -0.2) is 13.2 Å². The molecule has 9 heteroatoms. The average Bonchev–Trinajstić information content (AvgIpc) is 2.84. The second-order valence-electron chi connectivity index (χ2n) is 7.46. The van der Waals surface area contributed by atoms with Gasteiger partial charge >= 0.3 is 11.5 Å². The van der Waals surface area contributed by atoms with Crippen LogP contribution in [0.1, 0.15) is 17.2 Å². The lowest BCUT2D eigenvalue weighted by atomic mass is 10.1. The van der Waals surface area contributed by atoms with Crippen LogP contribution in [0.5, 0.6) is 0 Å². The van der Waals surface area contributed by atoms with Crippen LogP contribution in [0.2, 0.25) is 0 Å². The standard InChI is InChI=1S/C24H19N3O5S/c1-27(15-22(28)17-6-3-2-4-7-17)33(30,31)19-9-5-8-18(13-19)23-26-21-11-10-16(14-25)12-20(21)24(29)32-23/h2-13,22,28H,15H2,1H3/p+1. The zero-order chi connectivity index (χ0) is 23.6. The molecule has 0 radical (unpaired) electrons. The number of H-pyrrole nitrogens is 1. The van der Waals surface area contributed by atoms with Gasteiger partial charge in [-0.3, -0.25) is 0 Å². The normalized spacial score (nSPS) is 12.5. The summed E-state index contributed by atoms with van der Waals surface area (Å²) in [5.74, 6) is 0.0845. The number of nitrogens with zero attached hydrogens (tertiary/aromatic N) is 2. The lowest BCUT2D eigenvalue weighted by Gasteiger charge is -2.21. The first kappa shape index (κ1) is 22.4. The zero-order valence-corrected chi connectivity index (χ0v) is 18.4. The lowest BCUT2D eigenvalue weighted by molar-refractivity contribution is -0.348. The van der Waals surface area contributed by atoms with Crippen molar-refractivity contribution in [2.75, 3.05) is 13.6 Å². The SMILES string of the molecule is CN(CC(O)c1ccccc1)S(=O)(=O)c1cccc(-c2[nH+]c3ccc(C#N)cc3c(=O)o2)c1. The van der Waals surface area contributed by atoms with Gasteiger partial charge in [-0.2, -0.15) is 14.6 Å². The van der Waals surface area contributed by atoms with Crippen molar-refractivity contribution in [1.29, 1.82) is 5.26 Å². The van der Waals surface area contributed by atoms with Gasteiger partial charge in [-0.1, -0.05) is 36.4 Å². The predicted molar refractivity (Wildman–Crippen MR) is 120 cm³/mol. The number of hydrogen-bond acceptors (Lipinski definition) is 6. The number of aromatic amines is 1. The quantitative estimate of drug-likeness (QED) is 0.469. The molecule has 0 aliphatic carbocycles. The van der Waals surface area contributed by atoms with E-state index < -0.39 is 21.8 Å². The molecule has 1 unspecified atom stereocenters. The number of aromatic nitrogens is 1. The second-order valence-corrected chi connectivity index (χ2v) is 9.50. The minimum atomic E-state index is -3.93. The van der Waals surface area contributed by atoms with Crippen molar-refractivity contribution >= 4 is 20.9 Å². The highest BCUT2D eigenvalue weighted by Gasteiger charge is 2.25. The molecule has 166 valence electrons. The molecule has 0 bridgehead atoms. The van der Waals surface area contributed by atoms with Crippen molar-refractivity contribution in [1.82, 2.24) is 4.31 Å². The van der Waals surface area contributed by atoms with E-state index in [1.807, 2.05) is 12.1 Å². The van der Waals surface area contributed by atoms with Gasteiger partial charge in [0.05, 0.1) is 28.2 Å². The predicted octanol–water partition coefficient (Wildman–Crippen LogP) is 2.50. The Morgan fingerprint density at radius 2 is 1.85 bits per heavy atom. The minimum absolute atomic E-state index is 0.0151. The highest BCUT2D eigenvalue weighted by atomic mass is 32.2. The van der Waals surface area contributed by atoms with Crippen LogP contribution in [0.15, 0.2) is 86.9 Å². The van der Waals surface area contributed by atoms with Crippen molar-refractivity contribution in [3.05, 3.63) is 94.3 Å². The number of benzene rings is 3. The van der Waals surface area contributed by atoms with E-state index in [0.29, 0.717) is 22.2 Å². The Hall–Kier alpha value is -3.84. The van der Waals surface area contributed by atoms with Gasteiger partial charge in [0.2, 0.25) is 15.5 Å². The van der Waals surface area contributed by atoms with Crippen molar-refractivity contribution in [2.24, 2.45) is 0 Å². The molecule has 1 aromatic heterocycles. The van der Waals surface area contributed by atoms with Crippen molar-refractivity contribution in [3.8, 4) is 17.5 Å². The van der Waals surface area contributed by atoms with E-state index in [9.17, 15) is 18.3 Å². The molecule has 0 saturated heterocycles. The highest BCUT2D eigenvalue weighted by Crippen LogP contribution is 2.23. The monoisotopic (exact) mass is 462 g/mol. The third-order valence-corrected chi connectivity index (χ3v) is 7.05. The van der Waals surface area contributed by atoms with E-state index >= 15 is 0 Å². The Kier molecular flexibility index (Phi) is 6.07. The average molecular weight is 463 g/mol. The maximum absolute atomic E-state index is 13.1. The smallest absolute Gasteiger partial charge is 0.382 e. The number of hydrogen-bond donors (Lipinski definition) is 1. The molecule has 0 fully saturated rings. The molecule has 1 heterocycles. The van der Waals surface area contributed by atoms with E-state index in [-0.39, 0.29) is 22.7 Å². The minimum Gasteiger partial charge on any atom is -0.387 e. The third-order valence-electron chi connectivity index (χ3n) is 5.23. The molecule has 0 aliphatic heterocycles. The lowest BCUT2D eigenvalue weighted by Crippen LogP contribution is -2.31. The van der Waals surface area contributed by atoms with E-state index in [2.05, 4.69) is 4.98 Å². The Morgan fingerprint density at radius 3 is 2.58 bits per heavy atom. The third kappa shape index (κ3) is 4.54. The molecule has 33 heavy (non-hydrogen) atoms. The van der Waals surface area contributed by atoms with Gasteiger partial charge in [0, 0.05) is 19.7 Å². The first-order valence-corrected chi connectivity index (χ1v) is 11.4. The molecular formula is C24H20N3O5S+. The van der Waals surface area contributed by atoms with Gasteiger partial charge in [0.25, 0.3) is 0 Å². The fraction of sp³-hybridized carbons (Fsp3) is 0.125. The Labute approximate surface area is 190 Å². The summed E-state index contributed by atoms with van der Waals surface area (Å²) in [6.45, 7) is -0.130. The largest absolute Gasteiger partial charge is 0.387 e. The maximum atomic E-state index is 13.1. The molecule has 0 amide bonds. The summed E-state index contributed by atoms with van der Waals surface area (Å²) in [6, 6.07) is 21.3. The van der Waals surface area contributed by atoms with Crippen LogP contribution in [0, 0.1) is 11.3 Å². The summed E-state index contributed by atoms with van der Waals surface area (Å²) < 4.78 is 32.7. The van der Waals surface area contributed by atoms with Gasteiger partial charge in [-0.05, 0) is 35.9 Å². The van der Waals surface area contributed by atoms with Crippen LogP contribution >= 0.6 is 0 Å². The first-order chi connectivity index (χ1) is 15.8. The first-order valence-electron chi connectivity index (χ1n) is 9.99. The number of fused-ring (bicyclic) bond motifs is 1. The number of rotatable bonds is 6. The van der Waals surface area contributed by atoms with E-state index in [4.69, 9.17) is 9.68 Å². The van der Waals surface area contributed by atoms with Crippen molar-refractivity contribution < 1.29 is 22.9 Å². The molecule has 8 nitrogen and oxygen atoms in total. The zero-order valence-electron chi connectivity index (χ0n) is 17.6. The van der Waals surface area contributed by atoms with Crippen molar-refractivity contribution in [3.63, 3.8) is 0 Å². The number of nitrogens with one attached hydrogen (secondary N) is 1. The number of nitriles is 1. The van der Waals surface area contributed by atoms with Crippen LogP contribution in [-0.2, 0) is 10.0 Å². The Morgan fingerprint density at radius 1 is 1.09 bits per heavy atom. The van der Waals surface area contributed by atoms with Crippen LogP contribution < -0.4 is 10.6 Å². The maximum Gasteiger partial charge on any atom is 0.382 e. The Bertz CT molecular complexity index is 1530. The molecule has 4 rings (SSSR count). The number of sulfonamides is 1. The topological polar surface area (TPSA) is 126 Å². The molecule has 0 saturated carbocycles. The van der Waals surface area contributed by atoms with Crippen LogP contribution in [0.4, 0.5) is 0 Å². The van der Waals surface area contributed by atoms with Gasteiger partial charge in [0.1, 0.15) is 5.39 Å². The summed E-state index contributed by atoms with van der Waals surface area (Å²) in [5, 5.41) is 19.7. The number of aliphatic hydroxyl groups is 1. The van der Waals surface area contributed by atoms with Crippen molar-refractivity contribution in [2.45, 2.75) is 11.0 Å². The fourth-order valence-electron chi connectivity index (χ4n) is 3.42. The molecule has 0 spiro atoms. The molecule has 4 aromatic rings. The van der Waals surface area contributed by atoms with E-state index in [1.54, 1.807) is 48.5 Å². The number of aliphatic hydroxyl groups excluding tert-OH is 1. The van der Waals surface area contributed by atoms with Gasteiger partial charge < -0.3 is 9.52 Å². The number of likely N-dealkylation sites (N-methyl/N-ethyl adjacent to an activating group) is 1. The molecule has 2 N–H and O–H groups in total. The van der Waals surface area contributed by atoms with Gasteiger partial charge in [0.15, 0.2) is 0 Å². The molecular weight excluding hydrogens is 442 g/mol. The second kappa shape index (κ2) is 8.96. The van der Waals surface area contributed by atoms with Crippen LogP contribution in [-0.4, -0.2) is 31.4 Å². The highest BCUT2D eigenvalue weighted by molar-refractivity contribution is 7.89. The van der Waals surface area contributed by atoms with Gasteiger partial charge in [-0.15, -0.1) is 0 Å². The summed E-state index contributed by atoms with van der Waals surface area (Å²) >= 11 is 0. The van der Waals surface area contributed by atoms with E-state index in [1.165, 1.54) is 25.2 Å². The summed E-state index contributed by atoms with van der Waals surface area (Å²) in [6.07, 6.45) is -0.987. The summed E-state index contributed by atoms with van der Waals surface area (Å²) in [4.78, 5) is 15.4. The summed E-state index contributed by atoms with van der Waals surface area (Å²) in [7, 11) is -2.54. The van der Waals surface area contributed by atoms with Crippen LogP contribution in [0.3, 0.4) is 0 Å². The Balaban J connectivity index is 1.66. The summed E-state index contributed by atoms with van der Waals surface area (Å²) in [5.41, 5.74) is 1.10.